The van der Waals surface area contributed by atoms with Crippen LogP contribution in [-0.2, 0) is 6.54 Å². The average Bonchev–Trinajstić information content (AvgIpc) is 3.47. The number of rotatable bonds is 5. The van der Waals surface area contributed by atoms with Gasteiger partial charge in [-0.15, -0.1) is 11.3 Å². The molecule has 4 aromatic carbocycles. The van der Waals surface area contributed by atoms with Crippen LogP contribution in [-0.4, -0.2) is 27.6 Å². The van der Waals surface area contributed by atoms with Crippen LogP contribution in [0.15, 0.2) is 96.4 Å². The summed E-state index contributed by atoms with van der Waals surface area (Å²) >= 11 is 1.33. The zero-order valence-corrected chi connectivity index (χ0v) is 19.8. The van der Waals surface area contributed by atoms with Gasteiger partial charge in [0.25, 0.3) is 17.7 Å². The summed E-state index contributed by atoms with van der Waals surface area (Å²) in [5, 5.41) is 7.43. The Morgan fingerprint density at radius 1 is 0.806 bits per heavy atom. The second kappa shape index (κ2) is 8.87. The summed E-state index contributed by atoms with van der Waals surface area (Å²) in [7, 11) is 0. The molecule has 0 saturated heterocycles. The molecule has 5 aromatic rings. The highest BCUT2D eigenvalue weighted by Crippen LogP contribution is 2.29. The van der Waals surface area contributed by atoms with Crippen LogP contribution < -0.4 is 5.32 Å². The number of anilines is 1. The van der Waals surface area contributed by atoms with Crippen molar-refractivity contribution < 1.29 is 14.4 Å². The van der Waals surface area contributed by atoms with Gasteiger partial charge in [-0.3, -0.25) is 24.6 Å². The number of thiazole rings is 1. The van der Waals surface area contributed by atoms with E-state index in [1.54, 1.807) is 6.07 Å². The molecule has 0 aliphatic carbocycles. The molecule has 0 radical (unpaired) electrons. The Labute approximate surface area is 210 Å². The number of fused-ring (bicyclic) bond motifs is 2. The molecule has 0 saturated carbocycles. The van der Waals surface area contributed by atoms with Crippen LogP contribution in [0, 0.1) is 0 Å². The zero-order valence-electron chi connectivity index (χ0n) is 19.0. The number of aromatic nitrogens is 1. The number of carbonyl (C=O) groups is 3. The van der Waals surface area contributed by atoms with E-state index in [9.17, 15) is 14.4 Å². The summed E-state index contributed by atoms with van der Waals surface area (Å²) in [6.07, 6.45) is 0. The maximum absolute atomic E-state index is 13.0. The first-order chi connectivity index (χ1) is 17.6. The molecule has 1 aromatic heterocycles. The van der Waals surface area contributed by atoms with Crippen molar-refractivity contribution in [3.63, 3.8) is 0 Å². The zero-order chi connectivity index (χ0) is 24.6. The maximum atomic E-state index is 13.0. The summed E-state index contributed by atoms with van der Waals surface area (Å²) < 4.78 is 0. The van der Waals surface area contributed by atoms with Crippen LogP contribution in [0.4, 0.5) is 5.13 Å². The Bertz CT molecular complexity index is 1660. The molecule has 0 fully saturated rings. The largest absolute Gasteiger partial charge is 0.298 e. The second-order valence-corrected chi connectivity index (χ2v) is 9.35. The van der Waals surface area contributed by atoms with Gasteiger partial charge in [0.05, 0.1) is 23.4 Å². The maximum Gasteiger partial charge on any atom is 0.261 e. The smallest absolute Gasteiger partial charge is 0.261 e. The van der Waals surface area contributed by atoms with Crippen LogP contribution >= 0.6 is 11.3 Å². The SMILES string of the molecule is O=C(Nc1nc(-c2ccc3ccccc3c2)cs1)c1ccc2c(c1)C(=O)N(Cc1ccccc1)C2=O. The van der Waals surface area contributed by atoms with Crippen molar-refractivity contribution in [2.45, 2.75) is 6.54 Å². The van der Waals surface area contributed by atoms with E-state index >= 15 is 0 Å². The minimum atomic E-state index is -0.402. The van der Waals surface area contributed by atoms with Crippen molar-refractivity contribution in [3.05, 3.63) is 119 Å². The lowest BCUT2D eigenvalue weighted by molar-refractivity contribution is 0.0642. The van der Waals surface area contributed by atoms with Crippen LogP contribution in [0.3, 0.4) is 0 Å². The molecule has 2 heterocycles. The van der Waals surface area contributed by atoms with Crippen LogP contribution in [0.25, 0.3) is 22.0 Å². The van der Waals surface area contributed by atoms with E-state index in [0.29, 0.717) is 16.3 Å². The number of amides is 3. The van der Waals surface area contributed by atoms with Gasteiger partial charge in [-0.2, -0.15) is 0 Å². The van der Waals surface area contributed by atoms with Gasteiger partial charge < -0.3 is 0 Å². The van der Waals surface area contributed by atoms with Gasteiger partial charge in [-0.05, 0) is 40.6 Å². The molecule has 6 rings (SSSR count). The molecule has 6 nitrogen and oxygen atoms in total. The van der Waals surface area contributed by atoms with Gasteiger partial charge in [0.2, 0.25) is 0 Å². The summed E-state index contributed by atoms with van der Waals surface area (Å²) in [6.45, 7) is 0.186. The van der Waals surface area contributed by atoms with E-state index in [0.717, 1.165) is 27.6 Å². The van der Waals surface area contributed by atoms with Gasteiger partial charge >= 0.3 is 0 Å². The van der Waals surface area contributed by atoms with Crippen molar-refractivity contribution in [3.8, 4) is 11.3 Å². The first kappa shape index (κ1) is 21.9. The molecule has 1 N–H and O–H groups in total. The third-order valence-corrected chi connectivity index (χ3v) is 6.94. The summed E-state index contributed by atoms with van der Waals surface area (Å²) in [6, 6.07) is 28.1. The summed E-state index contributed by atoms with van der Waals surface area (Å²) in [5.41, 5.74) is 3.42. The monoisotopic (exact) mass is 489 g/mol. The van der Waals surface area contributed by atoms with Gasteiger partial charge in [0.1, 0.15) is 0 Å². The number of hydrogen-bond donors (Lipinski definition) is 1. The Hall–Kier alpha value is -4.62. The molecular weight excluding hydrogens is 470 g/mol. The van der Waals surface area contributed by atoms with E-state index in [4.69, 9.17) is 0 Å². The normalized spacial score (nSPS) is 12.7. The van der Waals surface area contributed by atoms with Gasteiger partial charge in [-0.1, -0.05) is 66.7 Å². The fraction of sp³-hybridized carbons (Fsp3) is 0.0345. The molecule has 0 spiro atoms. The van der Waals surface area contributed by atoms with Crippen molar-refractivity contribution >= 4 is 45.0 Å². The number of imide groups is 1. The third-order valence-electron chi connectivity index (χ3n) is 6.19. The van der Waals surface area contributed by atoms with E-state index < -0.39 is 5.91 Å². The highest BCUT2D eigenvalue weighted by molar-refractivity contribution is 7.14. The van der Waals surface area contributed by atoms with E-state index in [1.807, 2.05) is 60.0 Å². The van der Waals surface area contributed by atoms with E-state index in [1.165, 1.54) is 28.4 Å². The van der Waals surface area contributed by atoms with Crippen LogP contribution in [0.2, 0.25) is 0 Å². The van der Waals surface area contributed by atoms with Crippen LogP contribution in [0.1, 0.15) is 36.6 Å². The topological polar surface area (TPSA) is 79.4 Å². The molecular formula is C29H19N3O3S. The second-order valence-electron chi connectivity index (χ2n) is 8.50. The van der Waals surface area contributed by atoms with Crippen molar-refractivity contribution in [1.82, 2.24) is 9.88 Å². The average molecular weight is 490 g/mol. The molecule has 174 valence electrons. The lowest BCUT2D eigenvalue weighted by Gasteiger charge is -2.13. The summed E-state index contributed by atoms with van der Waals surface area (Å²) in [4.78, 5) is 44.5. The predicted molar refractivity (Wildman–Crippen MR) is 140 cm³/mol. The quantitative estimate of drug-likeness (QED) is 0.307. The van der Waals surface area contributed by atoms with Gasteiger partial charge in [0, 0.05) is 16.5 Å². The summed E-state index contributed by atoms with van der Waals surface area (Å²) in [5.74, 6) is -1.15. The lowest BCUT2D eigenvalue weighted by atomic mass is 10.1. The van der Waals surface area contributed by atoms with Crippen LogP contribution in [0.5, 0.6) is 0 Å². The Morgan fingerprint density at radius 3 is 2.39 bits per heavy atom. The Morgan fingerprint density at radius 2 is 1.56 bits per heavy atom. The standard InChI is InChI=1S/C29H19N3O3S/c33-26(31-29-30-25(17-36-29)21-11-10-19-8-4-5-9-20(19)14-21)22-12-13-23-24(15-22)28(35)32(27(23)34)16-18-6-2-1-3-7-18/h1-15,17H,16H2,(H,30,31,33). The first-order valence-electron chi connectivity index (χ1n) is 11.4. The molecule has 1 aliphatic heterocycles. The minimum Gasteiger partial charge on any atom is -0.298 e. The minimum absolute atomic E-state index is 0.186. The molecule has 36 heavy (non-hydrogen) atoms. The molecule has 0 unspecified atom stereocenters. The highest BCUT2D eigenvalue weighted by atomic mass is 32.1. The fourth-order valence-corrected chi connectivity index (χ4v) is 5.04. The highest BCUT2D eigenvalue weighted by Gasteiger charge is 2.36. The number of nitrogens with zero attached hydrogens (tertiary/aromatic N) is 2. The molecule has 1 aliphatic rings. The molecule has 0 bridgehead atoms. The number of carbonyl (C=O) groups excluding carboxylic acids is 3. The first-order valence-corrected chi connectivity index (χ1v) is 12.2. The van der Waals surface area contributed by atoms with Crippen molar-refractivity contribution in [1.29, 1.82) is 0 Å². The Kier molecular flexibility index (Phi) is 5.39. The third kappa shape index (κ3) is 3.95. The number of benzene rings is 4. The number of nitrogens with one attached hydrogen (secondary N) is 1. The van der Waals surface area contributed by atoms with Crippen molar-refractivity contribution in [2.24, 2.45) is 0 Å². The van der Waals surface area contributed by atoms with Gasteiger partial charge in [0.15, 0.2) is 5.13 Å². The van der Waals surface area contributed by atoms with E-state index in [2.05, 4.69) is 28.5 Å². The van der Waals surface area contributed by atoms with Crippen molar-refractivity contribution in [2.75, 3.05) is 5.32 Å². The number of hydrogen-bond acceptors (Lipinski definition) is 5. The predicted octanol–water partition coefficient (Wildman–Crippen LogP) is 6.01. The fourth-order valence-electron chi connectivity index (χ4n) is 4.32. The lowest BCUT2D eigenvalue weighted by Crippen LogP contribution is -2.29. The molecule has 3 amide bonds. The Balaban J connectivity index is 1.20. The molecule has 7 heteroatoms. The van der Waals surface area contributed by atoms with Gasteiger partial charge in [-0.25, -0.2) is 4.98 Å². The molecule has 0 atom stereocenters. The van der Waals surface area contributed by atoms with E-state index in [-0.39, 0.29) is 23.9 Å².